The zero-order valence-electron chi connectivity index (χ0n) is 10.8. The van der Waals surface area contributed by atoms with Gasteiger partial charge in [-0.05, 0) is 24.0 Å². The van der Waals surface area contributed by atoms with E-state index >= 15 is 0 Å². The van der Waals surface area contributed by atoms with Crippen LogP contribution in [0.4, 0.5) is 4.79 Å². The molecule has 100 valence electrons. The predicted molar refractivity (Wildman–Crippen MR) is 68.2 cm³/mol. The van der Waals surface area contributed by atoms with Crippen molar-refractivity contribution >= 4 is 16.1 Å². The Hall–Kier alpha value is -1.56. The third kappa shape index (κ3) is 3.22. The molecule has 0 unspecified atom stereocenters. The van der Waals surface area contributed by atoms with Crippen LogP contribution in [0, 0.1) is 6.92 Å². The fourth-order valence-corrected chi connectivity index (χ4v) is 2.88. The first kappa shape index (κ1) is 14.5. The van der Waals surface area contributed by atoms with Crippen molar-refractivity contribution in [2.75, 3.05) is 0 Å². The van der Waals surface area contributed by atoms with Crippen molar-refractivity contribution in [3.05, 3.63) is 29.3 Å². The molecule has 0 heterocycles. The maximum Gasteiger partial charge on any atom is 0.418 e. The molecule has 0 radical (unpaired) electrons. The van der Waals surface area contributed by atoms with Crippen molar-refractivity contribution in [3.63, 3.8) is 0 Å². The van der Waals surface area contributed by atoms with Crippen molar-refractivity contribution in [1.29, 1.82) is 0 Å². The zero-order chi connectivity index (χ0) is 14.1. The second-order valence-corrected chi connectivity index (χ2v) is 6.81. The van der Waals surface area contributed by atoms with Gasteiger partial charge in [-0.15, -0.1) is 0 Å². The molecule has 1 rings (SSSR count). The molecule has 0 aliphatic heterocycles. The molecule has 0 bridgehead atoms. The van der Waals surface area contributed by atoms with Crippen LogP contribution in [0.25, 0.3) is 0 Å². The lowest BCUT2D eigenvalue weighted by molar-refractivity contribution is 0.201. The van der Waals surface area contributed by atoms with Gasteiger partial charge in [0.25, 0.3) is 10.0 Å². The van der Waals surface area contributed by atoms with Gasteiger partial charge < -0.3 is 5.11 Å². The number of carbonyl (C=O) groups is 1. The Labute approximate surface area is 107 Å². The summed E-state index contributed by atoms with van der Waals surface area (Å²) in [6.45, 7) is 7.49. The maximum absolute atomic E-state index is 11.9. The molecule has 5 nitrogen and oxygen atoms in total. The van der Waals surface area contributed by atoms with Crippen LogP contribution < -0.4 is 4.72 Å². The lowest BCUT2D eigenvalue weighted by Crippen LogP contribution is -2.31. The third-order valence-electron chi connectivity index (χ3n) is 2.45. The van der Waals surface area contributed by atoms with Gasteiger partial charge >= 0.3 is 6.09 Å². The summed E-state index contributed by atoms with van der Waals surface area (Å²) in [5, 5.41) is 8.57. The highest BCUT2D eigenvalue weighted by Crippen LogP contribution is 2.29. The van der Waals surface area contributed by atoms with E-state index < -0.39 is 21.5 Å². The van der Waals surface area contributed by atoms with Crippen molar-refractivity contribution in [2.24, 2.45) is 0 Å². The quantitative estimate of drug-likeness (QED) is 0.864. The number of aryl methyl sites for hydroxylation is 1. The second-order valence-electron chi connectivity index (χ2n) is 5.16. The molecular formula is C12H17NO4S. The van der Waals surface area contributed by atoms with Gasteiger partial charge in [-0.1, -0.05) is 38.5 Å². The molecule has 0 aliphatic carbocycles. The van der Waals surface area contributed by atoms with Gasteiger partial charge in [0.15, 0.2) is 0 Å². The number of hydrogen-bond acceptors (Lipinski definition) is 3. The molecule has 0 spiro atoms. The second kappa shape index (κ2) is 4.61. The molecule has 0 aliphatic rings. The van der Waals surface area contributed by atoms with Crippen LogP contribution in [-0.4, -0.2) is 19.6 Å². The van der Waals surface area contributed by atoms with E-state index in [1.807, 2.05) is 27.7 Å². The van der Waals surface area contributed by atoms with Gasteiger partial charge in [0.05, 0.1) is 4.90 Å². The van der Waals surface area contributed by atoms with Crippen LogP contribution >= 0.6 is 0 Å². The number of amides is 1. The maximum atomic E-state index is 11.9. The number of hydrogen-bond donors (Lipinski definition) is 2. The third-order valence-corrected chi connectivity index (χ3v) is 3.83. The summed E-state index contributed by atoms with van der Waals surface area (Å²) in [5.74, 6) is 0. The lowest BCUT2D eigenvalue weighted by Gasteiger charge is -2.23. The zero-order valence-corrected chi connectivity index (χ0v) is 11.6. The number of carboxylic acid groups (broad SMARTS) is 1. The van der Waals surface area contributed by atoms with E-state index in [1.165, 1.54) is 6.07 Å². The van der Waals surface area contributed by atoms with Crippen LogP contribution in [-0.2, 0) is 15.4 Å². The topological polar surface area (TPSA) is 83.5 Å². The van der Waals surface area contributed by atoms with Gasteiger partial charge in [0.1, 0.15) is 0 Å². The van der Waals surface area contributed by atoms with Crippen molar-refractivity contribution < 1.29 is 18.3 Å². The minimum absolute atomic E-state index is 0.00278. The molecule has 1 aromatic carbocycles. The minimum atomic E-state index is -4.04. The Morgan fingerprint density at radius 1 is 1.28 bits per heavy atom. The highest BCUT2D eigenvalue weighted by molar-refractivity contribution is 7.90. The van der Waals surface area contributed by atoms with Crippen LogP contribution in [0.1, 0.15) is 31.9 Å². The van der Waals surface area contributed by atoms with E-state index in [1.54, 1.807) is 16.9 Å². The van der Waals surface area contributed by atoms with Gasteiger partial charge in [-0.3, -0.25) is 0 Å². The summed E-state index contributed by atoms with van der Waals surface area (Å²) in [4.78, 5) is 10.5. The van der Waals surface area contributed by atoms with E-state index in [4.69, 9.17) is 5.11 Å². The summed E-state index contributed by atoms with van der Waals surface area (Å²) >= 11 is 0. The molecule has 1 aromatic rings. The lowest BCUT2D eigenvalue weighted by atomic mass is 9.86. The molecule has 0 fully saturated rings. The first-order valence-corrected chi connectivity index (χ1v) is 6.89. The highest BCUT2D eigenvalue weighted by atomic mass is 32.2. The first-order chi connectivity index (χ1) is 8.04. The average molecular weight is 271 g/mol. The molecule has 1 amide bonds. The predicted octanol–water partition coefficient (Wildman–Crippen LogP) is 2.25. The first-order valence-electron chi connectivity index (χ1n) is 5.41. The largest absolute Gasteiger partial charge is 0.464 e. The molecule has 0 atom stereocenters. The number of sulfonamides is 1. The molecule has 0 saturated carbocycles. The van der Waals surface area contributed by atoms with E-state index in [9.17, 15) is 13.2 Å². The summed E-state index contributed by atoms with van der Waals surface area (Å²) in [6.07, 6.45) is -1.59. The highest BCUT2D eigenvalue weighted by Gasteiger charge is 2.26. The van der Waals surface area contributed by atoms with Crippen LogP contribution in [0.3, 0.4) is 0 Å². The van der Waals surface area contributed by atoms with Gasteiger partial charge in [0, 0.05) is 0 Å². The standard InChI is InChI=1S/C12H17NO4S/c1-8-5-6-10(9(7-8)12(2,3)4)18(16,17)13-11(14)15/h5-7,13H,1-4H3,(H,14,15). The molecule has 18 heavy (non-hydrogen) atoms. The minimum Gasteiger partial charge on any atom is -0.464 e. The Morgan fingerprint density at radius 2 is 1.83 bits per heavy atom. The van der Waals surface area contributed by atoms with E-state index in [0.717, 1.165) is 5.56 Å². The summed E-state index contributed by atoms with van der Waals surface area (Å²) in [6, 6.07) is 4.84. The van der Waals surface area contributed by atoms with E-state index in [-0.39, 0.29) is 4.90 Å². The van der Waals surface area contributed by atoms with Gasteiger partial charge in [0.2, 0.25) is 0 Å². The average Bonchev–Trinajstić information content (AvgIpc) is 2.13. The van der Waals surface area contributed by atoms with Gasteiger partial charge in [-0.2, -0.15) is 0 Å². The van der Waals surface area contributed by atoms with Crippen molar-refractivity contribution in [3.8, 4) is 0 Å². The SMILES string of the molecule is Cc1ccc(S(=O)(=O)NC(=O)O)c(C(C)(C)C)c1. The Kier molecular flexibility index (Phi) is 3.71. The molecule has 2 N–H and O–H groups in total. The van der Waals surface area contributed by atoms with Crippen LogP contribution in [0.15, 0.2) is 23.1 Å². The number of rotatable bonds is 2. The fourth-order valence-electron chi connectivity index (χ4n) is 1.63. The van der Waals surface area contributed by atoms with Crippen LogP contribution in [0.2, 0.25) is 0 Å². The Morgan fingerprint density at radius 3 is 2.28 bits per heavy atom. The summed E-state index contributed by atoms with van der Waals surface area (Å²) in [5.41, 5.74) is 1.12. The molecular weight excluding hydrogens is 254 g/mol. The van der Waals surface area contributed by atoms with Crippen molar-refractivity contribution in [1.82, 2.24) is 4.72 Å². The monoisotopic (exact) mass is 271 g/mol. The van der Waals surface area contributed by atoms with Gasteiger partial charge in [-0.25, -0.2) is 17.9 Å². The smallest absolute Gasteiger partial charge is 0.418 e. The Balaban J connectivity index is 3.47. The van der Waals surface area contributed by atoms with E-state index in [0.29, 0.717) is 5.56 Å². The fraction of sp³-hybridized carbons (Fsp3) is 0.417. The molecule has 0 saturated heterocycles. The number of benzene rings is 1. The van der Waals surface area contributed by atoms with Crippen LogP contribution in [0.5, 0.6) is 0 Å². The van der Waals surface area contributed by atoms with Crippen molar-refractivity contribution in [2.45, 2.75) is 38.0 Å². The molecule has 6 heteroatoms. The van der Waals surface area contributed by atoms with E-state index in [2.05, 4.69) is 0 Å². The summed E-state index contributed by atoms with van der Waals surface area (Å²) in [7, 11) is -4.04. The summed E-state index contributed by atoms with van der Waals surface area (Å²) < 4.78 is 25.4. The number of nitrogens with one attached hydrogen (secondary N) is 1. The molecule has 0 aromatic heterocycles. The Bertz CT molecular complexity index is 570. The normalized spacial score (nSPS) is 12.2.